The van der Waals surface area contributed by atoms with Gasteiger partial charge in [-0.1, -0.05) is 17.7 Å². The standard InChI is InChI=1S/C23H27N3O2S/c1-15-6-8-18(9-7-15)24-22(27)12-23-25-21(14-29-23)20-11-16(2)26(17(20)3)13-19-5-4-10-28-19/h6-9,11,14,19H,4-5,10,12-13H2,1-3H3,(H,24,27)/t19-/m0/s1. The number of nitrogens with one attached hydrogen (secondary N) is 1. The van der Waals surface area contributed by atoms with Gasteiger partial charge in [-0.05, 0) is 51.8 Å². The summed E-state index contributed by atoms with van der Waals surface area (Å²) in [5.74, 6) is -0.0430. The minimum atomic E-state index is -0.0430. The summed E-state index contributed by atoms with van der Waals surface area (Å²) in [6.45, 7) is 8.07. The summed E-state index contributed by atoms with van der Waals surface area (Å²) in [6.07, 6.45) is 2.87. The van der Waals surface area contributed by atoms with Gasteiger partial charge >= 0.3 is 0 Å². The maximum Gasteiger partial charge on any atom is 0.231 e. The number of aromatic nitrogens is 2. The second-order valence-corrected chi connectivity index (χ2v) is 8.69. The van der Waals surface area contributed by atoms with Crippen molar-refractivity contribution in [2.45, 2.75) is 52.7 Å². The molecule has 3 heterocycles. The molecule has 3 aromatic rings. The van der Waals surface area contributed by atoms with E-state index in [4.69, 9.17) is 9.72 Å². The van der Waals surface area contributed by atoms with Crippen LogP contribution in [0.2, 0.25) is 0 Å². The van der Waals surface area contributed by atoms with Crippen molar-refractivity contribution in [3.05, 3.63) is 57.7 Å². The Morgan fingerprint density at radius 2 is 2.07 bits per heavy atom. The molecule has 0 radical (unpaired) electrons. The molecule has 152 valence electrons. The highest BCUT2D eigenvalue weighted by atomic mass is 32.1. The van der Waals surface area contributed by atoms with Crippen molar-refractivity contribution in [2.75, 3.05) is 11.9 Å². The van der Waals surface area contributed by atoms with Gasteiger partial charge in [-0.25, -0.2) is 4.98 Å². The fourth-order valence-corrected chi connectivity index (χ4v) is 4.62. The molecule has 4 rings (SSSR count). The van der Waals surface area contributed by atoms with Crippen LogP contribution in [0.25, 0.3) is 11.3 Å². The first kappa shape index (κ1) is 19.9. The van der Waals surface area contributed by atoms with Crippen LogP contribution < -0.4 is 5.32 Å². The number of ether oxygens (including phenoxy) is 1. The number of hydrogen-bond acceptors (Lipinski definition) is 4. The largest absolute Gasteiger partial charge is 0.376 e. The molecular formula is C23H27N3O2S. The molecule has 1 aromatic carbocycles. The van der Waals surface area contributed by atoms with Gasteiger partial charge in [0.25, 0.3) is 0 Å². The lowest BCUT2D eigenvalue weighted by Gasteiger charge is -2.14. The van der Waals surface area contributed by atoms with E-state index in [1.807, 2.05) is 36.6 Å². The Labute approximate surface area is 175 Å². The number of hydrogen-bond donors (Lipinski definition) is 1. The van der Waals surface area contributed by atoms with Gasteiger partial charge in [0.2, 0.25) is 5.91 Å². The third-order valence-electron chi connectivity index (χ3n) is 5.46. The zero-order valence-corrected chi connectivity index (χ0v) is 18.0. The predicted octanol–water partition coefficient (Wildman–Crippen LogP) is 4.90. The summed E-state index contributed by atoms with van der Waals surface area (Å²) >= 11 is 1.54. The second-order valence-electron chi connectivity index (χ2n) is 7.75. The number of thiazole rings is 1. The first-order valence-electron chi connectivity index (χ1n) is 10.1. The molecule has 0 spiro atoms. The fraction of sp³-hybridized carbons (Fsp3) is 0.391. The van der Waals surface area contributed by atoms with E-state index in [1.165, 1.54) is 28.3 Å². The molecule has 5 nitrogen and oxygen atoms in total. The lowest BCUT2D eigenvalue weighted by atomic mass is 10.2. The van der Waals surface area contributed by atoms with Gasteiger partial charge in [-0.15, -0.1) is 11.3 Å². The number of rotatable bonds is 6. The average Bonchev–Trinajstić information content (AvgIpc) is 3.42. The molecule has 1 amide bonds. The minimum absolute atomic E-state index is 0.0430. The van der Waals surface area contributed by atoms with Crippen molar-refractivity contribution in [3.63, 3.8) is 0 Å². The highest BCUT2D eigenvalue weighted by Gasteiger charge is 2.20. The van der Waals surface area contributed by atoms with Gasteiger partial charge in [-0.3, -0.25) is 4.79 Å². The molecule has 6 heteroatoms. The molecule has 1 N–H and O–H groups in total. The number of amides is 1. The van der Waals surface area contributed by atoms with E-state index in [9.17, 15) is 4.79 Å². The summed E-state index contributed by atoms with van der Waals surface area (Å²) in [4.78, 5) is 17.1. The van der Waals surface area contributed by atoms with E-state index >= 15 is 0 Å². The third-order valence-corrected chi connectivity index (χ3v) is 6.31. The van der Waals surface area contributed by atoms with Gasteiger partial charge in [0.05, 0.1) is 18.2 Å². The van der Waals surface area contributed by atoms with E-state index in [-0.39, 0.29) is 12.3 Å². The van der Waals surface area contributed by atoms with Gasteiger partial charge in [0, 0.05) is 41.2 Å². The summed E-state index contributed by atoms with van der Waals surface area (Å²) in [7, 11) is 0. The molecule has 1 aliphatic heterocycles. The number of carbonyl (C=O) groups excluding carboxylic acids is 1. The van der Waals surface area contributed by atoms with Crippen LogP contribution in [-0.2, 0) is 22.5 Å². The summed E-state index contributed by atoms with van der Waals surface area (Å²) in [5.41, 5.74) is 6.50. The highest BCUT2D eigenvalue weighted by Crippen LogP contribution is 2.29. The number of carbonyl (C=O) groups is 1. The molecule has 0 saturated carbocycles. The average molecular weight is 410 g/mol. The zero-order valence-electron chi connectivity index (χ0n) is 17.2. The van der Waals surface area contributed by atoms with Crippen LogP contribution in [0.3, 0.4) is 0 Å². The van der Waals surface area contributed by atoms with Crippen LogP contribution in [0.1, 0.15) is 34.8 Å². The Balaban J connectivity index is 1.44. The van der Waals surface area contributed by atoms with Crippen LogP contribution in [0, 0.1) is 20.8 Å². The van der Waals surface area contributed by atoms with Crippen LogP contribution in [0.5, 0.6) is 0 Å². The Morgan fingerprint density at radius 3 is 2.79 bits per heavy atom. The maximum atomic E-state index is 12.4. The molecule has 0 bridgehead atoms. The van der Waals surface area contributed by atoms with E-state index in [0.29, 0.717) is 6.10 Å². The van der Waals surface area contributed by atoms with E-state index in [2.05, 4.69) is 29.8 Å². The second kappa shape index (κ2) is 8.51. The molecular weight excluding hydrogens is 382 g/mol. The summed E-state index contributed by atoms with van der Waals surface area (Å²) in [5, 5.41) is 5.82. The summed E-state index contributed by atoms with van der Waals surface area (Å²) < 4.78 is 8.13. The van der Waals surface area contributed by atoms with Crippen molar-refractivity contribution in [1.29, 1.82) is 0 Å². The summed E-state index contributed by atoms with van der Waals surface area (Å²) in [6, 6.07) is 10.0. The molecule has 1 aliphatic rings. The molecule has 0 unspecified atom stereocenters. The lowest BCUT2D eigenvalue weighted by molar-refractivity contribution is -0.115. The zero-order chi connectivity index (χ0) is 20.4. The minimum Gasteiger partial charge on any atom is -0.376 e. The van der Waals surface area contributed by atoms with Crippen LogP contribution in [0.4, 0.5) is 5.69 Å². The van der Waals surface area contributed by atoms with E-state index < -0.39 is 0 Å². The predicted molar refractivity (Wildman–Crippen MR) is 118 cm³/mol. The normalized spacial score (nSPS) is 16.3. The van der Waals surface area contributed by atoms with Crippen LogP contribution in [0.15, 0.2) is 35.7 Å². The first-order chi connectivity index (χ1) is 14.0. The lowest BCUT2D eigenvalue weighted by Crippen LogP contribution is -2.16. The van der Waals surface area contributed by atoms with Gasteiger partial charge in [0.15, 0.2) is 0 Å². The number of anilines is 1. The smallest absolute Gasteiger partial charge is 0.231 e. The van der Waals surface area contributed by atoms with Crippen molar-refractivity contribution in [2.24, 2.45) is 0 Å². The first-order valence-corrected chi connectivity index (χ1v) is 11.0. The Morgan fingerprint density at radius 1 is 1.28 bits per heavy atom. The number of nitrogens with zero attached hydrogens (tertiary/aromatic N) is 2. The van der Waals surface area contributed by atoms with Gasteiger partial charge in [-0.2, -0.15) is 0 Å². The van der Waals surface area contributed by atoms with Crippen LogP contribution >= 0.6 is 11.3 Å². The Kier molecular flexibility index (Phi) is 5.83. The van der Waals surface area contributed by atoms with Crippen molar-refractivity contribution >= 4 is 22.9 Å². The Bertz CT molecular complexity index is 998. The monoisotopic (exact) mass is 409 g/mol. The van der Waals surface area contributed by atoms with Gasteiger partial charge in [0.1, 0.15) is 5.01 Å². The molecule has 0 aliphatic carbocycles. The van der Waals surface area contributed by atoms with Crippen LogP contribution in [-0.4, -0.2) is 28.2 Å². The number of benzene rings is 1. The molecule has 29 heavy (non-hydrogen) atoms. The maximum absolute atomic E-state index is 12.4. The molecule has 1 atom stereocenters. The quantitative estimate of drug-likeness (QED) is 0.630. The third kappa shape index (κ3) is 4.60. The molecule has 1 fully saturated rings. The number of aryl methyl sites for hydroxylation is 2. The van der Waals surface area contributed by atoms with Gasteiger partial charge < -0.3 is 14.6 Å². The Hall–Kier alpha value is -2.44. The fourth-order valence-electron chi connectivity index (χ4n) is 3.83. The van der Waals surface area contributed by atoms with Crippen molar-refractivity contribution in [1.82, 2.24) is 9.55 Å². The van der Waals surface area contributed by atoms with Crippen molar-refractivity contribution < 1.29 is 9.53 Å². The topological polar surface area (TPSA) is 56.2 Å². The molecule has 1 saturated heterocycles. The highest BCUT2D eigenvalue weighted by molar-refractivity contribution is 7.10. The van der Waals surface area contributed by atoms with E-state index in [0.717, 1.165) is 47.9 Å². The molecule has 2 aromatic heterocycles. The SMILES string of the molecule is Cc1ccc(NC(=O)Cc2nc(-c3cc(C)n(C[C@@H]4CCCO4)c3C)cs2)cc1. The van der Waals surface area contributed by atoms with Crippen molar-refractivity contribution in [3.8, 4) is 11.3 Å². The van der Waals surface area contributed by atoms with E-state index in [1.54, 1.807) is 0 Å².